The van der Waals surface area contributed by atoms with Crippen LogP contribution in [-0.2, 0) is 10.8 Å². The van der Waals surface area contributed by atoms with Crippen LogP contribution in [0.4, 0.5) is 0 Å². The molecule has 0 aliphatic rings. The fourth-order valence-corrected chi connectivity index (χ4v) is 7.65. The Hall–Kier alpha value is -4.94. The molecule has 0 heterocycles. The summed E-state index contributed by atoms with van der Waals surface area (Å²) in [5.41, 5.74) is 15.5. The molecule has 0 aliphatic heterocycles. The van der Waals surface area contributed by atoms with Crippen molar-refractivity contribution in [3.05, 3.63) is 156 Å². The number of hydrogen-bond donors (Lipinski definition) is 0. The van der Waals surface area contributed by atoms with E-state index in [1.165, 1.54) is 88.3 Å². The molecule has 0 aromatic heterocycles. The topological polar surface area (TPSA) is 0 Å². The first-order valence-electron chi connectivity index (χ1n) is 17.3. The molecule has 0 N–H and O–H groups in total. The first kappa shape index (κ1) is 31.6. The molecule has 238 valence electrons. The van der Waals surface area contributed by atoms with Gasteiger partial charge >= 0.3 is 0 Å². The number of rotatable bonds is 4. The van der Waals surface area contributed by atoms with Gasteiger partial charge in [0.2, 0.25) is 0 Å². The van der Waals surface area contributed by atoms with Crippen LogP contribution >= 0.6 is 0 Å². The van der Waals surface area contributed by atoms with E-state index in [1.54, 1.807) is 0 Å². The molecule has 0 spiro atoms. The highest BCUT2D eigenvalue weighted by Crippen LogP contribution is 2.49. The van der Waals surface area contributed by atoms with Crippen LogP contribution in [0.15, 0.2) is 133 Å². The molecule has 0 saturated carbocycles. The van der Waals surface area contributed by atoms with Crippen molar-refractivity contribution >= 4 is 21.5 Å². The van der Waals surface area contributed by atoms with Gasteiger partial charge in [0.15, 0.2) is 0 Å². The zero-order valence-corrected chi connectivity index (χ0v) is 29.7. The molecule has 0 bridgehead atoms. The fourth-order valence-electron chi connectivity index (χ4n) is 7.65. The van der Waals surface area contributed by atoms with Crippen LogP contribution in [0.25, 0.3) is 66.1 Å². The second kappa shape index (κ2) is 11.9. The van der Waals surface area contributed by atoms with Crippen LogP contribution in [0.5, 0.6) is 0 Å². The molecule has 0 nitrogen and oxygen atoms in total. The smallest absolute Gasteiger partial charge is 0.00232 e. The summed E-state index contributed by atoms with van der Waals surface area (Å²) >= 11 is 0. The molecular formula is C48H46. The second-order valence-electron chi connectivity index (χ2n) is 15.5. The molecular weight excluding hydrogens is 577 g/mol. The molecule has 0 aliphatic carbocycles. The van der Waals surface area contributed by atoms with Gasteiger partial charge in [-0.25, -0.2) is 0 Å². The van der Waals surface area contributed by atoms with Gasteiger partial charge in [-0.15, -0.1) is 0 Å². The Bertz CT molecular complexity index is 2150. The van der Waals surface area contributed by atoms with Crippen molar-refractivity contribution in [3.63, 3.8) is 0 Å². The monoisotopic (exact) mass is 622 g/mol. The third kappa shape index (κ3) is 5.54. The van der Waals surface area contributed by atoms with Crippen molar-refractivity contribution in [3.8, 4) is 44.5 Å². The molecule has 0 fully saturated rings. The van der Waals surface area contributed by atoms with Gasteiger partial charge in [0.25, 0.3) is 0 Å². The third-order valence-electron chi connectivity index (χ3n) is 10.0. The van der Waals surface area contributed by atoms with Crippen LogP contribution in [-0.4, -0.2) is 0 Å². The van der Waals surface area contributed by atoms with Crippen molar-refractivity contribution in [2.24, 2.45) is 0 Å². The van der Waals surface area contributed by atoms with Gasteiger partial charge in [-0.3, -0.25) is 0 Å². The van der Waals surface area contributed by atoms with Crippen molar-refractivity contribution < 1.29 is 0 Å². The highest BCUT2D eigenvalue weighted by molar-refractivity contribution is 6.23. The van der Waals surface area contributed by atoms with Gasteiger partial charge < -0.3 is 0 Å². The van der Waals surface area contributed by atoms with Gasteiger partial charge in [-0.05, 0) is 125 Å². The standard InChI is InChI=1S/C48H46/c1-31-17-9-11-19-35(31)33-25-27-37-41(29-33)45(39-21-13-15-23-43(39)47(3,4)5)38-28-26-34(36-20-12-10-18-32(36)2)30-42(38)46(37)40-22-14-16-24-44(40)48(6,7)8/h9-30H,1-8H3. The van der Waals surface area contributed by atoms with Crippen LogP contribution in [0.2, 0.25) is 0 Å². The lowest BCUT2D eigenvalue weighted by atomic mass is 9.76. The Morgan fingerprint density at radius 2 is 0.667 bits per heavy atom. The number of fused-ring (bicyclic) bond motifs is 2. The summed E-state index contributed by atoms with van der Waals surface area (Å²) in [5, 5.41) is 5.17. The Morgan fingerprint density at radius 1 is 0.333 bits per heavy atom. The van der Waals surface area contributed by atoms with Crippen molar-refractivity contribution in [1.82, 2.24) is 0 Å². The van der Waals surface area contributed by atoms with Crippen LogP contribution < -0.4 is 0 Å². The molecule has 0 amide bonds. The van der Waals surface area contributed by atoms with Crippen molar-refractivity contribution in [2.45, 2.75) is 66.2 Å². The summed E-state index contributed by atoms with van der Waals surface area (Å²) in [4.78, 5) is 0. The lowest BCUT2D eigenvalue weighted by molar-refractivity contribution is 0.592. The highest BCUT2D eigenvalue weighted by atomic mass is 14.3. The van der Waals surface area contributed by atoms with E-state index >= 15 is 0 Å². The van der Waals surface area contributed by atoms with Crippen LogP contribution in [0, 0.1) is 13.8 Å². The molecule has 48 heavy (non-hydrogen) atoms. The number of benzene rings is 7. The summed E-state index contributed by atoms with van der Waals surface area (Å²) in [6.45, 7) is 18.4. The second-order valence-corrected chi connectivity index (χ2v) is 15.5. The first-order chi connectivity index (χ1) is 22.9. The predicted molar refractivity (Wildman–Crippen MR) is 210 cm³/mol. The van der Waals surface area contributed by atoms with E-state index in [1.807, 2.05) is 0 Å². The minimum Gasteiger partial charge on any atom is -0.0620 e. The van der Waals surface area contributed by atoms with Gasteiger partial charge in [0.05, 0.1) is 0 Å². The zero-order valence-electron chi connectivity index (χ0n) is 29.7. The molecule has 0 heteroatoms. The summed E-state index contributed by atoms with van der Waals surface area (Å²) in [5.74, 6) is 0. The van der Waals surface area contributed by atoms with E-state index in [9.17, 15) is 0 Å². The summed E-state index contributed by atoms with van der Waals surface area (Å²) in [6.07, 6.45) is 0. The molecule has 7 aromatic carbocycles. The Labute approximate surface area is 287 Å². The minimum atomic E-state index is -0.0263. The van der Waals surface area contributed by atoms with E-state index in [0.29, 0.717) is 0 Å². The molecule has 7 aromatic rings. The third-order valence-corrected chi connectivity index (χ3v) is 10.0. The Morgan fingerprint density at radius 3 is 1.02 bits per heavy atom. The largest absolute Gasteiger partial charge is 0.0620 e. The normalized spacial score (nSPS) is 12.2. The van der Waals surface area contributed by atoms with Crippen molar-refractivity contribution in [2.75, 3.05) is 0 Å². The summed E-state index contributed by atoms with van der Waals surface area (Å²) < 4.78 is 0. The van der Waals surface area contributed by atoms with Gasteiger partial charge in [0.1, 0.15) is 0 Å². The van der Waals surface area contributed by atoms with Crippen molar-refractivity contribution in [1.29, 1.82) is 0 Å². The minimum absolute atomic E-state index is 0.0263. The zero-order chi connectivity index (χ0) is 33.8. The quantitative estimate of drug-likeness (QED) is 0.171. The molecule has 0 atom stereocenters. The van der Waals surface area contributed by atoms with Crippen LogP contribution in [0.1, 0.15) is 63.8 Å². The maximum absolute atomic E-state index is 2.46. The van der Waals surface area contributed by atoms with E-state index < -0.39 is 0 Å². The SMILES string of the molecule is Cc1ccccc1-c1ccc2c(-c3ccccc3C(C)(C)C)c3cc(-c4ccccc4C)ccc3c(-c3ccccc3C(C)(C)C)c2c1. The number of hydrogen-bond acceptors (Lipinski definition) is 0. The summed E-state index contributed by atoms with van der Waals surface area (Å²) in [7, 11) is 0. The lowest BCUT2D eigenvalue weighted by Crippen LogP contribution is -2.13. The van der Waals surface area contributed by atoms with Gasteiger partial charge in [-0.1, -0.05) is 163 Å². The van der Waals surface area contributed by atoms with E-state index in [-0.39, 0.29) is 10.8 Å². The highest BCUT2D eigenvalue weighted by Gasteiger charge is 2.26. The lowest BCUT2D eigenvalue weighted by Gasteiger charge is -2.28. The fraction of sp³-hybridized carbons (Fsp3) is 0.208. The molecule has 0 saturated heterocycles. The van der Waals surface area contributed by atoms with E-state index in [0.717, 1.165) is 0 Å². The summed E-state index contributed by atoms with van der Waals surface area (Å²) in [6, 6.07) is 50.0. The average molecular weight is 623 g/mol. The first-order valence-corrected chi connectivity index (χ1v) is 17.3. The average Bonchev–Trinajstić information content (AvgIpc) is 3.06. The Kier molecular flexibility index (Phi) is 7.87. The van der Waals surface area contributed by atoms with E-state index in [4.69, 9.17) is 0 Å². The predicted octanol–water partition coefficient (Wildman–Crippen LogP) is 13.9. The Balaban J connectivity index is 1.72. The molecule has 7 rings (SSSR count). The maximum Gasteiger partial charge on any atom is -0.00232 e. The number of aryl methyl sites for hydroxylation is 2. The maximum atomic E-state index is 2.46. The van der Waals surface area contributed by atoms with Crippen LogP contribution in [0.3, 0.4) is 0 Å². The van der Waals surface area contributed by atoms with E-state index in [2.05, 4.69) is 189 Å². The molecule has 0 unspecified atom stereocenters. The van der Waals surface area contributed by atoms with Gasteiger partial charge in [0, 0.05) is 0 Å². The molecule has 0 radical (unpaired) electrons. The van der Waals surface area contributed by atoms with Gasteiger partial charge in [-0.2, -0.15) is 0 Å².